The van der Waals surface area contributed by atoms with Gasteiger partial charge in [0, 0.05) is 19.8 Å². The van der Waals surface area contributed by atoms with Crippen LogP contribution in [0.1, 0.15) is 11.1 Å². The number of carbonyl (C=O) groups is 1. The van der Waals surface area contributed by atoms with Crippen molar-refractivity contribution in [3.8, 4) is 5.75 Å². The minimum atomic E-state index is -4.07. The fraction of sp³-hybridized carbons (Fsp3) is 0.200. The van der Waals surface area contributed by atoms with E-state index in [1.54, 1.807) is 30.3 Å². The molecule has 0 saturated carbocycles. The molecular weight excluding hydrogens is 532 g/mol. The van der Waals surface area contributed by atoms with Crippen molar-refractivity contribution in [3.63, 3.8) is 0 Å². The Bertz CT molecular complexity index is 1310. The summed E-state index contributed by atoms with van der Waals surface area (Å²) in [6, 6.07) is 18.9. The van der Waals surface area contributed by atoms with Crippen LogP contribution < -0.4 is 19.4 Å². The van der Waals surface area contributed by atoms with Crippen LogP contribution in [0.2, 0.25) is 0 Å². The molecule has 0 atom stereocenters. The smallest absolute Gasteiger partial charge is 0.264 e. The number of anilines is 2. The van der Waals surface area contributed by atoms with Crippen LogP contribution in [0.25, 0.3) is 0 Å². The molecule has 0 radical (unpaired) electrons. The number of hydrogen-bond donors (Lipinski definition) is 1. The number of methoxy groups -OCH3 is 1. The van der Waals surface area contributed by atoms with Crippen LogP contribution in [0.15, 0.2) is 81.2 Å². The molecule has 3 rings (SSSR count). The van der Waals surface area contributed by atoms with Gasteiger partial charge >= 0.3 is 0 Å². The number of nitrogens with zero attached hydrogens (tertiary/aromatic N) is 3. The van der Waals surface area contributed by atoms with Crippen molar-refractivity contribution in [2.24, 2.45) is 5.10 Å². The summed E-state index contributed by atoms with van der Waals surface area (Å²) < 4.78 is 33.8. The van der Waals surface area contributed by atoms with Crippen LogP contribution in [0.4, 0.5) is 11.4 Å². The third kappa shape index (κ3) is 6.61. The van der Waals surface area contributed by atoms with Crippen LogP contribution >= 0.6 is 15.9 Å². The van der Waals surface area contributed by atoms with Gasteiger partial charge in [0.1, 0.15) is 12.3 Å². The molecule has 0 aliphatic carbocycles. The van der Waals surface area contributed by atoms with E-state index in [1.807, 2.05) is 50.2 Å². The minimum Gasteiger partial charge on any atom is -0.496 e. The van der Waals surface area contributed by atoms with Crippen LogP contribution in [-0.4, -0.2) is 48.3 Å². The van der Waals surface area contributed by atoms with Gasteiger partial charge in [-0.2, -0.15) is 5.10 Å². The van der Waals surface area contributed by atoms with E-state index in [0.717, 1.165) is 21.1 Å². The van der Waals surface area contributed by atoms with E-state index in [4.69, 9.17) is 4.74 Å². The maximum atomic E-state index is 13.5. The Balaban J connectivity index is 1.82. The molecule has 0 bridgehead atoms. The van der Waals surface area contributed by atoms with Gasteiger partial charge in [-0.1, -0.05) is 29.8 Å². The number of hydrogen-bond acceptors (Lipinski definition) is 6. The largest absolute Gasteiger partial charge is 0.496 e. The van der Waals surface area contributed by atoms with Gasteiger partial charge in [0.05, 0.1) is 28.4 Å². The predicted molar refractivity (Wildman–Crippen MR) is 143 cm³/mol. The molecule has 184 valence electrons. The third-order valence-electron chi connectivity index (χ3n) is 5.13. The Hall–Kier alpha value is -3.37. The highest BCUT2D eigenvalue weighted by atomic mass is 79.9. The second kappa shape index (κ2) is 11.4. The highest BCUT2D eigenvalue weighted by molar-refractivity contribution is 9.10. The maximum absolute atomic E-state index is 13.5. The monoisotopic (exact) mass is 558 g/mol. The minimum absolute atomic E-state index is 0.0167. The van der Waals surface area contributed by atoms with Gasteiger partial charge < -0.3 is 9.64 Å². The van der Waals surface area contributed by atoms with Gasteiger partial charge in [0.2, 0.25) is 0 Å². The topological polar surface area (TPSA) is 91.3 Å². The van der Waals surface area contributed by atoms with Crippen LogP contribution in [0.3, 0.4) is 0 Å². The number of nitrogens with one attached hydrogen (secondary N) is 1. The zero-order valence-electron chi connectivity index (χ0n) is 19.9. The average Bonchev–Trinajstić information content (AvgIpc) is 2.83. The molecule has 35 heavy (non-hydrogen) atoms. The Morgan fingerprint density at radius 1 is 1.03 bits per heavy atom. The summed E-state index contributed by atoms with van der Waals surface area (Å²) in [6.07, 6.45) is 1.50. The first kappa shape index (κ1) is 26.2. The highest BCUT2D eigenvalue weighted by Gasteiger charge is 2.28. The first-order chi connectivity index (χ1) is 16.6. The molecule has 0 aliphatic heterocycles. The Kier molecular flexibility index (Phi) is 8.52. The Labute approximate surface area is 214 Å². The summed E-state index contributed by atoms with van der Waals surface area (Å²) in [6.45, 7) is 1.45. The van der Waals surface area contributed by atoms with E-state index in [1.165, 1.54) is 25.5 Å². The standard InChI is InChI=1S/C25H27BrN4O4S/c1-18-5-9-21(10-6-18)30(35(32,33)22-13-14-24(34-4)23(26)15-22)17-25(31)28-27-16-19-7-11-20(12-8-19)29(2)3/h5-16H,17H2,1-4H3,(H,28,31)/b27-16-. The fourth-order valence-corrected chi connectivity index (χ4v) is 5.30. The Morgan fingerprint density at radius 2 is 1.66 bits per heavy atom. The fourth-order valence-electron chi connectivity index (χ4n) is 3.16. The first-order valence-electron chi connectivity index (χ1n) is 10.6. The van der Waals surface area contributed by atoms with E-state index in [0.29, 0.717) is 15.9 Å². The van der Waals surface area contributed by atoms with Crippen molar-refractivity contribution >= 4 is 49.4 Å². The summed E-state index contributed by atoms with van der Waals surface area (Å²) in [5.41, 5.74) is 5.58. The summed E-state index contributed by atoms with van der Waals surface area (Å²) in [7, 11) is 1.32. The van der Waals surface area contributed by atoms with Gasteiger partial charge in [-0.15, -0.1) is 0 Å². The number of amides is 1. The molecule has 0 aliphatic rings. The number of carbonyl (C=O) groups excluding carboxylic acids is 1. The molecule has 0 saturated heterocycles. The van der Waals surface area contributed by atoms with E-state index >= 15 is 0 Å². The number of rotatable bonds is 9. The van der Waals surface area contributed by atoms with Crippen LogP contribution in [0.5, 0.6) is 5.75 Å². The average molecular weight is 559 g/mol. The van der Waals surface area contributed by atoms with Gasteiger partial charge in [-0.25, -0.2) is 13.8 Å². The van der Waals surface area contributed by atoms with Crippen LogP contribution in [-0.2, 0) is 14.8 Å². The zero-order chi connectivity index (χ0) is 25.6. The number of ether oxygens (including phenoxy) is 1. The van der Waals surface area contributed by atoms with E-state index in [-0.39, 0.29) is 4.90 Å². The maximum Gasteiger partial charge on any atom is 0.264 e. The molecule has 3 aromatic carbocycles. The first-order valence-corrected chi connectivity index (χ1v) is 12.9. The van der Waals surface area contributed by atoms with Crippen molar-refractivity contribution in [2.75, 3.05) is 37.0 Å². The lowest BCUT2D eigenvalue weighted by molar-refractivity contribution is -0.119. The number of sulfonamides is 1. The molecule has 0 heterocycles. The lowest BCUT2D eigenvalue weighted by Crippen LogP contribution is -2.39. The molecule has 0 unspecified atom stereocenters. The summed E-state index contributed by atoms with van der Waals surface area (Å²) >= 11 is 3.33. The molecule has 10 heteroatoms. The molecule has 3 aromatic rings. The van der Waals surface area contributed by atoms with Gasteiger partial charge in [0.15, 0.2) is 0 Å². The predicted octanol–water partition coefficient (Wildman–Crippen LogP) is 4.18. The quantitative estimate of drug-likeness (QED) is 0.314. The normalized spacial score (nSPS) is 11.3. The molecule has 1 amide bonds. The molecule has 0 fully saturated rings. The SMILES string of the molecule is COc1ccc(S(=O)(=O)N(CC(=O)N/N=C\c2ccc(N(C)C)cc2)c2ccc(C)cc2)cc1Br. The van der Waals surface area contributed by atoms with Crippen molar-refractivity contribution in [3.05, 3.63) is 82.3 Å². The second-order valence-corrected chi connectivity index (χ2v) is 10.6. The molecular formula is C25H27BrN4O4S. The van der Waals surface area contributed by atoms with Crippen molar-refractivity contribution in [1.29, 1.82) is 0 Å². The zero-order valence-corrected chi connectivity index (χ0v) is 22.3. The number of halogens is 1. The number of hydrazone groups is 1. The van der Waals surface area contributed by atoms with Gasteiger partial charge in [-0.05, 0) is 70.9 Å². The highest BCUT2D eigenvalue weighted by Crippen LogP contribution is 2.30. The van der Waals surface area contributed by atoms with E-state index in [9.17, 15) is 13.2 Å². The second-order valence-electron chi connectivity index (χ2n) is 7.92. The van der Waals surface area contributed by atoms with Crippen molar-refractivity contribution in [1.82, 2.24) is 5.43 Å². The molecule has 0 aromatic heterocycles. The van der Waals surface area contributed by atoms with Gasteiger partial charge in [0.25, 0.3) is 15.9 Å². The summed E-state index contributed by atoms with van der Waals surface area (Å²) in [5.74, 6) is -0.0839. The summed E-state index contributed by atoms with van der Waals surface area (Å²) in [5, 5.41) is 3.98. The lowest BCUT2D eigenvalue weighted by atomic mass is 10.2. The Morgan fingerprint density at radius 3 is 2.23 bits per heavy atom. The molecule has 0 spiro atoms. The van der Waals surface area contributed by atoms with Gasteiger partial charge in [-0.3, -0.25) is 9.10 Å². The third-order valence-corrected chi connectivity index (χ3v) is 7.52. The molecule has 1 N–H and O–H groups in total. The van der Waals surface area contributed by atoms with Crippen LogP contribution in [0, 0.1) is 6.92 Å². The van der Waals surface area contributed by atoms with Crippen molar-refractivity contribution < 1.29 is 17.9 Å². The van der Waals surface area contributed by atoms with E-state index < -0.39 is 22.5 Å². The summed E-state index contributed by atoms with van der Waals surface area (Å²) in [4.78, 5) is 14.7. The molecule has 8 nitrogen and oxygen atoms in total. The number of aryl methyl sites for hydroxylation is 1. The lowest BCUT2D eigenvalue weighted by Gasteiger charge is -2.24. The van der Waals surface area contributed by atoms with Crippen molar-refractivity contribution in [2.45, 2.75) is 11.8 Å². The van der Waals surface area contributed by atoms with E-state index in [2.05, 4.69) is 26.5 Å². The number of benzene rings is 3.